The first-order valence-electron chi connectivity index (χ1n) is 8.63. The lowest BCUT2D eigenvalue weighted by atomic mass is 10.1. The zero-order valence-electron chi connectivity index (χ0n) is 14.1. The van der Waals surface area contributed by atoms with Crippen LogP contribution in [0.3, 0.4) is 0 Å². The number of hydrogen-bond donors (Lipinski definition) is 0. The SMILES string of the molecule is CCN(CC1CCOC1)C(=O)CCCn1c(=O)oc2ccccc21. The van der Waals surface area contributed by atoms with Crippen LogP contribution in [-0.2, 0) is 16.1 Å². The van der Waals surface area contributed by atoms with Crippen molar-refractivity contribution in [3.05, 3.63) is 34.8 Å². The fourth-order valence-electron chi connectivity index (χ4n) is 3.22. The van der Waals surface area contributed by atoms with Crippen LogP contribution in [-0.4, -0.2) is 41.7 Å². The maximum absolute atomic E-state index is 12.4. The lowest BCUT2D eigenvalue weighted by molar-refractivity contribution is -0.131. The third-order valence-electron chi connectivity index (χ3n) is 4.58. The van der Waals surface area contributed by atoms with Gasteiger partial charge in [-0.15, -0.1) is 0 Å². The number of fused-ring (bicyclic) bond motifs is 1. The minimum Gasteiger partial charge on any atom is -0.408 e. The normalized spacial score (nSPS) is 17.5. The van der Waals surface area contributed by atoms with E-state index in [9.17, 15) is 9.59 Å². The molecule has 6 nitrogen and oxygen atoms in total. The minimum atomic E-state index is -0.362. The topological polar surface area (TPSA) is 64.7 Å². The summed E-state index contributed by atoms with van der Waals surface area (Å²) in [6, 6.07) is 7.35. The number of carbonyl (C=O) groups is 1. The molecule has 1 fully saturated rings. The number of benzene rings is 1. The van der Waals surface area contributed by atoms with E-state index < -0.39 is 0 Å². The van der Waals surface area contributed by atoms with Gasteiger partial charge < -0.3 is 14.1 Å². The second-order valence-electron chi connectivity index (χ2n) is 6.25. The molecule has 0 spiro atoms. The number of amides is 1. The second kappa shape index (κ2) is 7.66. The van der Waals surface area contributed by atoms with Crippen molar-refractivity contribution in [2.45, 2.75) is 32.7 Å². The van der Waals surface area contributed by atoms with Crippen molar-refractivity contribution in [1.82, 2.24) is 9.47 Å². The molecule has 1 aromatic heterocycles. The molecule has 0 N–H and O–H groups in total. The number of ether oxygens (including phenoxy) is 1. The van der Waals surface area contributed by atoms with Gasteiger partial charge in [-0.2, -0.15) is 0 Å². The molecule has 1 aromatic carbocycles. The third-order valence-corrected chi connectivity index (χ3v) is 4.58. The predicted molar refractivity (Wildman–Crippen MR) is 90.9 cm³/mol. The maximum Gasteiger partial charge on any atom is 0.419 e. The standard InChI is InChI=1S/C18H24N2O4/c1-2-19(12-14-9-11-23-13-14)17(21)8-5-10-20-15-6-3-4-7-16(15)24-18(20)22/h3-4,6-7,14H,2,5,8-13H2,1H3. The highest BCUT2D eigenvalue weighted by atomic mass is 16.5. The van der Waals surface area contributed by atoms with Crippen molar-refractivity contribution in [3.63, 3.8) is 0 Å². The summed E-state index contributed by atoms with van der Waals surface area (Å²) in [5.74, 6) is 0.235. The van der Waals surface area contributed by atoms with Crippen LogP contribution in [0.1, 0.15) is 26.2 Å². The number of oxazole rings is 1. The number of rotatable bonds is 7. The summed E-state index contributed by atoms with van der Waals surface area (Å²) in [5.41, 5.74) is 1.37. The van der Waals surface area contributed by atoms with E-state index in [0.717, 1.165) is 31.7 Å². The van der Waals surface area contributed by atoms with Crippen LogP contribution in [0.15, 0.2) is 33.5 Å². The maximum atomic E-state index is 12.4. The number of aryl methyl sites for hydroxylation is 1. The van der Waals surface area contributed by atoms with Gasteiger partial charge in [0, 0.05) is 38.6 Å². The van der Waals surface area contributed by atoms with Crippen molar-refractivity contribution in [1.29, 1.82) is 0 Å². The zero-order chi connectivity index (χ0) is 16.9. The van der Waals surface area contributed by atoms with Crippen LogP contribution in [0, 0.1) is 5.92 Å². The van der Waals surface area contributed by atoms with Crippen LogP contribution in [0.25, 0.3) is 11.1 Å². The molecule has 0 bridgehead atoms. The van der Waals surface area contributed by atoms with E-state index in [4.69, 9.17) is 9.15 Å². The highest BCUT2D eigenvalue weighted by Gasteiger charge is 2.21. The first kappa shape index (κ1) is 16.8. The van der Waals surface area contributed by atoms with Crippen LogP contribution in [0.2, 0.25) is 0 Å². The third kappa shape index (κ3) is 3.70. The van der Waals surface area contributed by atoms with Gasteiger partial charge in [-0.1, -0.05) is 12.1 Å². The van der Waals surface area contributed by atoms with E-state index in [1.807, 2.05) is 30.0 Å². The van der Waals surface area contributed by atoms with Gasteiger partial charge in [0.2, 0.25) is 5.91 Å². The molecule has 0 radical (unpaired) electrons. The lowest BCUT2D eigenvalue weighted by Crippen LogP contribution is -2.35. The van der Waals surface area contributed by atoms with Crippen molar-refractivity contribution < 1.29 is 13.9 Å². The molecule has 0 saturated carbocycles. The van der Waals surface area contributed by atoms with E-state index in [1.54, 1.807) is 10.6 Å². The molecule has 1 aliphatic rings. The van der Waals surface area contributed by atoms with Crippen LogP contribution >= 0.6 is 0 Å². The fraction of sp³-hybridized carbons (Fsp3) is 0.556. The summed E-state index contributed by atoms with van der Waals surface area (Å²) in [6.07, 6.45) is 2.09. The van der Waals surface area contributed by atoms with Crippen LogP contribution in [0.5, 0.6) is 0 Å². The first-order chi connectivity index (χ1) is 11.7. The summed E-state index contributed by atoms with van der Waals surface area (Å²) < 4.78 is 12.2. The summed E-state index contributed by atoms with van der Waals surface area (Å²) in [4.78, 5) is 26.2. The van der Waals surface area contributed by atoms with Crippen LogP contribution < -0.4 is 5.76 Å². The Morgan fingerprint density at radius 2 is 2.21 bits per heavy atom. The van der Waals surface area contributed by atoms with E-state index in [2.05, 4.69) is 0 Å². The van der Waals surface area contributed by atoms with Gasteiger partial charge in [0.1, 0.15) is 0 Å². The smallest absolute Gasteiger partial charge is 0.408 e. The molecule has 1 amide bonds. The number of carbonyl (C=O) groups excluding carboxylic acids is 1. The Bertz CT molecular complexity index is 743. The van der Waals surface area contributed by atoms with Gasteiger partial charge in [0.05, 0.1) is 12.1 Å². The van der Waals surface area contributed by atoms with Crippen molar-refractivity contribution in [2.75, 3.05) is 26.3 Å². The van der Waals surface area contributed by atoms with Crippen molar-refractivity contribution in [2.24, 2.45) is 5.92 Å². The fourth-order valence-corrected chi connectivity index (χ4v) is 3.22. The largest absolute Gasteiger partial charge is 0.419 e. The highest BCUT2D eigenvalue weighted by Crippen LogP contribution is 2.15. The van der Waals surface area contributed by atoms with Crippen LogP contribution in [0.4, 0.5) is 0 Å². The molecule has 1 atom stereocenters. The van der Waals surface area contributed by atoms with Gasteiger partial charge in [0.15, 0.2) is 5.58 Å². The molecule has 2 heterocycles. The average molecular weight is 332 g/mol. The number of aromatic nitrogens is 1. The average Bonchev–Trinajstić information content (AvgIpc) is 3.20. The van der Waals surface area contributed by atoms with Gasteiger partial charge in [-0.25, -0.2) is 4.79 Å². The molecule has 24 heavy (non-hydrogen) atoms. The van der Waals surface area contributed by atoms with Gasteiger partial charge in [-0.05, 0) is 31.9 Å². The Morgan fingerprint density at radius 3 is 2.96 bits per heavy atom. The molecule has 1 unspecified atom stereocenters. The number of para-hydroxylation sites is 2. The molecule has 3 rings (SSSR count). The molecule has 0 aliphatic carbocycles. The Balaban J connectivity index is 1.55. The monoisotopic (exact) mass is 332 g/mol. The molecule has 130 valence electrons. The summed E-state index contributed by atoms with van der Waals surface area (Å²) >= 11 is 0. The highest BCUT2D eigenvalue weighted by molar-refractivity contribution is 5.76. The summed E-state index contributed by atoms with van der Waals surface area (Å²) in [5, 5.41) is 0. The number of hydrogen-bond acceptors (Lipinski definition) is 4. The Kier molecular flexibility index (Phi) is 5.35. The van der Waals surface area contributed by atoms with Gasteiger partial charge in [-0.3, -0.25) is 9.36 Å². The lowest BCUT2D eigenvalue weighted by Gasteiger charge is -2.23. The second-order valence-corrected chi connectivity index (χ2v) is 6.25. The van der Waals surface area contributed by atoms with E-state index in [0.29, 0.717) is 37.4 Å². The molecule has 1 saturated heterocycles. The van der Waals surface area contributed by atoms with E-state index >= 15 is 0 Å². The molecular formula is C18H24N2O4. The zero-order valence-corrected chi connectivity index (χ0v) is 14.1. The molecule has 1 aliphatic heterocycles. The Morgan fingerprint density at radius 1 is 1.38 bits per heavy atom. The predicted octanol–water partition coefficient (Wildman–Crippen LogP) is 2.26. The molecule has 2 aromatic rings. The quantitative estimate of drug-likeness (QED) is 0.780. The molecule has 6 heteroatoms. The van der Waals surface area contributed by atoms with Crippen molar-refractivity contribution >= 4 is 17.0 Å². The number of nitrogens with zero attached hydrogens (tertiary/aromatic N) is 2. The van der Waals surface area contributed by atoms with Crippen molar-refractivity contribution in [3.8, 4) is 0 Å². The first-order valence-corrected chi connectivity index (χ1v) is 8.63. The Labute approximate surface area is 141 Å². The molecular weight excluding hydrogens is 308 g/mol. The van der Waals surface area contributed by atoms with E-state index in [-0.39, 0.29) is 11.7 Å². The van der Waals surface area contributed by atoms with E-state index in [1.165, 1.54) is 0 Å². The minimum absolute atomic E-state index is 0.144. The summed E-state index contributed by atoms with van der Waals surface area (Å²) in [7, 11) is 0. The summed E-state index contributed by atoms with van der Waals surface area (Å²) in [6.45, 7) is 5.52. The van der Waals surface area contributed by atoms with Gasteiger partial charge in [0.25, 0.3) is 0 Å². The Hall–Kier alpha value is -2.08. The van der Waals surface area contributed by atoms with Gasteiger partial charge >= 0.3 is 5.76 Å².